The topological polar surface area (TPSA) is 137 Å². The van der Waals surface area contributed by atoms with E-state index >= 15 is 0 Å². The van der Waals surface area contributed by atoms with Crippen molar-refractivity contribution in [3.05, 3.63) is 23.9 Å². The molecule has 0 saturated carbocycles. The van der Waals surface area contributed by atoms with Crippen LogP contribution in [-0.4, -0.2) is 38.9 Å². The number of hydrogen-bond acceptors (Lipinski definition) is 6. The molecule has 0 unspecified atom stereocenters. The molecule has 17 heavy (non-hydrogen) atoms. The Morgan fingerprint density at radius 3 is 2.82 bits per heavy atom. The third-order valence-corrected chi connectivity index (χ3v) is 3.43. The van der Waals surface area contributed by atoms with Crippen LogP contribution in [0.3, 0.4) is 0 Å². The lowest BCUT2D eigenvalue weighted by atomic mass is 10.4. The summed E-state index contributed by atoms with van der Waals surface area (Å²) in [6.45, 7) is -0.429. The lowest BCUT2D eigenvalue weighted by Crippen LogP contribution is -2.25. The normalized spacial score (nSPS) is 11.8. The first-order valence-corrected chi connectivity index (χ1v) is 6.09. The van der Waals surface area contributed by atoms with E-state index in [9.17, 15) is 8.42 Å². The van der Waals surface area contributed by atoms with Gasteiger partial charge in [0.15, 0.2) is 5.03 Å². The number of sulfonamides is 1. The quantitative estimate of drug-likeness (QED) is 0.515. The fraction of sp³-hybridized carbons (Fsp3) is 0.286. The molecular formula is C7H10N6O3S. The van der Waals surface area contributed by atoms with E-state index in [0.717, 1.165) is 0 Å². The van der Waals surface area contributed by atoms with Gasteiger partial charge in [0, 0.05) is 5.56 Å². The first-order valence-electron chi connectivity index (χ1n) is 4.60. The van der Waals surface area contributed by atoms with E-state index in [1.54, 1.807) is 0 Å². The summed E-state index contributed by atoms with van der Waals surface area (Å²) < 4.78 is 25.9. The zero-order valence-electron chi connectivity index (χ0n) is 8.58. The van der Waals surface area contributed by atoms with E-state index in [2.05, 4.69) is 30.1 Å². The fourth-order valence-corrected chi connectivity index (χ4v) is 2.30. The van der Waals surface area contributed by atoms with Gasteiger partial charge in [-0.1, -0.05) is 0 Å². The molecule has 92 valence electrons. The average molecular weight is 258 g/mol. The maximum absolute atomic E-state index is 11.8. The van der Waals surface area contributed by atoms with Gasteiger partial charge in [-0.3, -0.25) is 10.2 Å². The molecule has 0 amide bonds. The number of aromatic amines is 2. The lowest BCUT2D eigenvalue weighted by molar-refractivity contribution is 0.278. The second-order valence-electron chi connectivity index (χ2n) is 3.14. The zero-order chi connectivity index (χ0) is 12.3. The van der Waals surface area contributed by atoms with E-state index in [1.807, 2.05) is 0 Å². The average Bonchev–Trinajstić information content (AvgIpc) is 2.97. The summed E-state index contributed by atoms with van der Waals surface area (Å²) in [5.41, 5.74) is 0.204. The Kier molecular flexibility index (Phi) is 3.17. The standard InChI is InChI=1S/C7H10N6O3S/c14-3-5-1-9-13-7(5)17(15,16)11-2-6-8-4-10-12-6/h1,4,11,14H,2-3H2,(H,9,13)(H,8,10,12). The van der Waals surface area contributed by atoms with Gasteiger partial charge >= 0.3 is 0 Å². The molecule has 9 nitrogen and oxygen atoms in total. The van der Waals surface area contributed by atoms with Crippen molar-refractivity contribution < 1.29 is 13.5 Å². The van der Waals surface area contributed by atoms with Crippen LogP contribution in [0.2, 0.25) is 0 Å². The number of aliphatic hydroxyl groups is 1. The zero-order valence-corrected chi connectivity index (χ0v) is 9.40. The molecule has 0 radical (unpaired) electrons. The first kappa shape index (κ1) is 11.7. The van der Waals surface area contributed by atoms with E-state index in [1.165, 1.54) is 12.5 Å². The molecule has 2 rings (SSSR count). The lowest BCUT2D eigenvalue weighted by Gasteiger charge is -2.04. The molecular weight excluding hydrogens is 248 g/mol. The molecule has 0 saturated heterocycles. The number of nitrogens with zero attached hydrogens (tertiary/aromatic N) is 3. The summed E-state index contributed by atoms with van der Waals surface area (Å²) in [5, 5.41) is 20.8. The minimum atomic E-state index is -3.75. The molecule has 0 atom stereocenters. The Labute approximate surface area is 96.3 Å². The van der Waals surface area contributed by atoms with Crippen LogP contribution in [-0.2, 0) is 23.2 Å². The van der Waals surface area contributed by atoms with Gasteiger partial charge in [0.2, 0.25) is 0 Å². The highest BCUT2D eigenvalue weighted by Gasteiger charge is 2.20. The molecule has 10 heteroatoms. The largest absolute Gasteiger partial charge is 0.392 e. The third-order valence-electron chi connectivity index (χ3n) is 2.01. The number of aromatic nitrogens is 5. The molecule has 4 N–H and O–H groups in total. The molecule has 0 fully saturated rings. The summed E-state index contributed by atoms with van der Waals surface area (Å²) >= 11 is 0. The van der Waals surface area contributed by atoms with Crippen molar-refractivity contribution in [1.29, 1.82) is 0 Å². The van der Waals surface area contributed by atoms with Crippen molar-refractivity contribution in [1.82, 2.24) is 30.1 Å². The second kappa shape index (κ2) is 4.61. The summed E-state index contributed by atoms with van der Waals surface area (Å²) in [7, 11) is -3.75. The van der Waals surface area contributed by atoms with Gasteiger partial charge in [-0.05, 0) is 0 Å². The van der Waals surface area contributed by atoms with Crippen molar-refractivity contribution in [2.45, 2.75) is 18.2 Å². The van der Waals surface area contributed by atoms with Crippen molar-refractivity contribution >= 4 is 10.0 Å². The van der Waals surface area contributed by atoms with Gasteiger partial charge in [-0.15, -0.1) is 0 Å². The van der Waals surface area contributed by atoms with Crippen LogP contribution in [0.15, 0.2) is 17.6 Å². The van der Waals surface area contributed by atoms with Gasteiger partial charge in [0.25, 0.3) is 10.0 Å². The Balaban J connectivity index is 2.14. The molecule has 0 spiro atoms. The molecule has 2 aromatic heterocycles. The van der Waals surface area contributed by atoms with Gasteiger partial charge in [0.05, 0.1) is 19.3 Å². The van der Waals surface area contributed by atoms with Crippen LogP contribution >= 0.6 is 0 Å². The third kappa shape index (κ3) is 2.49. The van der Waals surface area contributed by atoms with Crippen molar-refractivity contribution in [2.24, 2.45) is 0 Å². The Morgan fingerprint density at radius 1 is 1.35 bits per heavy atom. The number of hydrogen-bond donors (Lipinski definition) is 4. The fourth-order valence-electron chi connectivity index (χ4n) is 1.20. The molecule has 0 bridgehead atoms. The highest BCUT2D eigenvalue weighted by Crippen LogP contribution is 2.11. The number of H-pyrrole nitrogens is 2. The van der Waals surface area contributed by atoms with E-state index in [-0.39, 0.29) is 17.1 Å². The monoisotopic (exact) mass is 258 g/mol. The SMILES string of the molecule is O=S(=O)(NCc1ncn[nH]1)c1[nH]ncc1CO. The van der Waals surface area contributed by atoms with Crippen LogP contribution in [0, 0.1) is 0 Å². The maximum atomic E-state index is 11.8. The molecule has 0 aromatic carbocycles. The van der Waals surface area contributed by atoms with Crippen molar-refractivity contribution in [3.8, 4) is 0 Å². The summed E-state index contributed by atoms with van der Waals surface area (Å²) in [6, 6.07) is 0. The number of rotatable bonds is 5. The minimum absolute atomic E-state index is 0.0216. The van der Waals surface area contributed by atoms with E-state index in [4.69, 9.17) is 5.11 Å². The summed E-state index contributed by atoms with van der Waals surface area (Å²) in [4.78, 5) is 3.77. The first-order chi connectivity index (χ1) is 8.13. The highest BCUT2D eigenvalue weighted by molar-refractivity contribution is 7.89. The van der Waals surface area contributed by atoms with Gasteiger partial charge in [0.1, 0.15) is 12.2 Å². The van der Waals surface area contributed by atoms with Crippen LogP contribution in [0.5, 0.6) is 0 Å². The summed E-state index contributed by atoms with van der Waals surface area (Å²) in [6.07, 6.45) is 2.53. The van der Waals surface area contributed by atoms with Crippen LogP contribution in [0.4, 0.5) is 0 Å². The van der Waals surface area contributed by atoms with E-state index in [0.29, 0.717) is 5.82 Å². The second-order valence-corrected chi connectivity index (χ2v) is 4.84. The van der Waals surface area contributed by atoms with Gasteiger partial charge < -0.3 is 5.11 Å². The smallest absolute Gasteiger partial charge is 0.258 e. The predicted octanol–water partition coefficient (Wildman–Crippen LogP) is -1.50. The minimum Gasteiger partial charge on any atom is -0.392 e. The highest BCUT2D eigenvalue weighted by atomic mass is 32.2. The predicted molar refractivity (Wildman–Crippen MR) is 54.9 cm³/mol. The van der Waals surface area contributed by atoms with Crippen LogP contribution in [0.25, 0.3) is 0 Å². The Bertz CT molecular complexity index is 575. The van der Waals surface area contributed by atoms with Gasteiger partial charge in [-0.25, -0.2) is 18.1 Å². The molecule has 0 aliphatic carbocycles. The number of aliphatic hydroxyl groups excluding tert-OH is 1. The molecule has 0 aliphatic heterocycles. The van der Waals surface area contributed by atoms with E-state index < -0.39 is 16.6 Å². The molecule has 2 heterocycles. The summed E-state index contributed by atoms with van der Waals surface area (Å²) in [5.74, 6) is 0.388. The Hall–Kier alpha value is -1.78. The maximum Gasteiger partial charge on any atom is 0.258 e. The Morgan fingerprint density at radius 2 is 2.18 bits per heavy atom. The van der Waals surface area contributed by atoms with Crippen LogP contribution in [0.1, 0.15) is 11.4 Å². The van der Waals surface area contributed by atoms with Gasteiger partial charge in [-0.2, -0.15) is 10.2 Å². The number of nitrogens with one attached hydrogen (secondary N) is 3. The molecule has 2 aromatic rings. The van der Waals surface area contributed by atoms with Crippen LogP contribution < -0.4 is 4.72 Å². The molecule has 0 aliphatic rings. The van der Waals surface area contributed by atoms with Crippen molar-refractivity contribution in [3.63, 3.8) is 0 Å². The van der Waals surface area contributed by atoms with Crippen molar-refractivity contribution in [2.75, 3.05) is 0 Å².